The number of rotatable bonds is 9. The van der Waals surface area contributed by atoms with E-state index >= 15 is 0 Å². The van der Waals surface area contributed by atoms with Gasteiger partial charge in [0.15, 0.2) is 0 Å². The molecule has 2 aliphatic heterocycles. The number of fused-ring (bicyclic) bond motifs is 3. The van der Waals surface area contributed by atoms with Crippen molar-refractivity contribution in [3.63, 3.8) is 0 Å². The van der Waals surface area contributed by atoms with E-state index in [1.165, 1.54) is 10.5 Å². The molecular formula is C28H34BNO6S. The molecule has 37 heavy (non-hydrogen) atoms. The summed E-state index contributed by atoms with van der Waals surface area (Å²) in [6, 6.07) is 7.51. The van der Waals surface area contributed by atoms with Crippen LogP contribution in [-0.2, 0) is 27.4 Å². The summed E-state index contributed by atoms with van der Waals surface area (Å²) in [5, 5.41) is 21.9. The van der Waals surface area contributed by atoms with Gasteiger partial charge in [-0.25, -0.2) is 0 Å². The summed E-state index contributed by atoms with van der Waals surface area (Å²) in [6.07, 6.45) is 5.95. The molecule has 2 fully saturated rings. The molecule has 2 saturated heterocycles. The Morgan fingerprint density at radius 3 is 2.76 bits per heavy atom. The van der Waals surface area contributed by atoms with E-state index in [-0.39, 0.29) is 36.4 Å². The predicted octanol–water partition coefficient (Wildman–Crippen LogP) is 4.81. The number of amides is 2. The Bertz CT molecular complexity index is 1200. The topological polar surface area (TPSA) is 100 Å². The average molecular weight is 523 g/mol. The van der Waals surface area contributed by atoms with E-state index in [0.717, 1.165) is 35.3 Å². The Morgan fingerprint density at radius 1 is 1.22 bits per heavy atom. The Balaban J connectivity index is 1.35. The lowest BCUT2D eigenvalue weighted by Crippen LogP contribution is -2.46. The van der Waals surface area contributed by atoms with E-state index in [1.54, 1.807) is 17.4 Å². The van der Waals surface area contributed by atoms with Crippen LogP contribution in [0.4, 0.5) is 0 Å². The molecule has 2 amide bonds. The van der Waals surface area contributed by atoms with Crippen LogP contribution in [0.1, 0.15) is 62.3 Å². The van der Waals surface area contributed by atoms with Gasteiger partial charge < -0.3 is 19.2 Å². The largest absolute Gasteiger partial charge is 0.459 e. The lowest BCUT2D eigenvalue weighted by Gasteiger charge is -2.42. The molecule has 3 aliphatic rings. The van der Waals surface area contributed by atoms with Crippen LogP contribution in [0.3, 0.4) is 0 Å². The Morgan fingerprint density at radius 2 is 2.05 bits per heavy atom. The number of aliphatic hydroxyl groups excluding tert-OH is 1. The van der Waals surface area contributed by atoms with E-state index in [9.17, 15) is 19.7 Å². The highest BCUT2D eigenvalue weighted by Crippen LogP contribution is 2.50. The average Bonchev–Trinajstić information content (AvgIpc) is 3.60. The summed E-state index contributed by atoms with van der Waals surface area (Å²) < 4.78 is 11.7. The van der Waals surface area contributed by atoms with Crippen LogP contribution in [0.2, 0.25) is 6.32 Å². The van der Waals surface area contributed by atoms with Crippen molar-refractivity contribution in [3.8, 4) is 0 Å². The van der Waals surface area contributed by atoms with Crippen LogP contribution >= 0.6 is 11.3 Å². The SMILES string of the molecule is CCC/C(=C\c1ccc(CO)o1)CC[C@H]1OB(O)C[C@H]2C1=C(C)C[C@H]1C(=O)N(Cc3cccs3)C(=O)[C@H]12. The van der Waals surface area contributed by atoms with Crippen molar-refractivity contribution < 1.29 is 28.8 Å². The maximum atomic E-state index is 13.6. The molecule has 1 aliphatic carbocycles. The van der Waals surface area contributed by atoms with Crippen LogP contribution in [0.25, 0.3) is 6.08 Å². The molecule has 4 heterocycles. The highest BCUT2D eigenvalue weighted by molar-refractivity contribution is 7.09. The smallest absolute Gasteiger partial charge is 0.455 e. The molecule has 2 aromatic rings. The second kappa shape index (κ2) is 11.1. The predicted molar refractivity (Wildman–Crippen MR) is 142 cm³/mol. The van der Waals surface area contributed by atoms with E-state index in [4.69, 9.17) is 9.07 Å². The van der Waals surface area contributed by atoms with Crippen molar-refractivity contribution in [1.82, 2.24) is 4.90 Å². The van der Waals surface area contributed by atoms with Crippen molar-refractivity contribution in [1.29, 1.82) is 0 Å². The van der Waals surface area contributed by atoms with Gasteiger partial charge in [-0.05, 0) is 80.1 Å². The minimum Gasteiger partial charge on any atom is -0.459 e. The van der Waals surface area contributed by atoms with Gasteiger partial charge in [0.25, 0.3) is 0 Å². The fourth-order valence-electron chi connectivity index (χ4n) is 6.36. The second-order valence-electron chi connectivity index (χ2n) is 10.4. The van der Waals surface area contributed by atoms with Crippen molar-refractivity contribution in [2.24, 2.45) is 17.8 Å². The first-order valence-corrected chi connectivity index (χ1v) is 14.1. The van der Waals surface area contributed by atoms with Gasteiger partial charge in [-0.2, -0.15) is 0 Å². The molecule has 0 bridgehead atoms. The maximum absolute atomic E-state index is 13.6. The molecule has 2 aromatic heterocycles. The number of likely N-dealkylation sites (tertiary alicyclic amines) is 1. The summed E-state index contributed by atoms with van der Waals surface area (Å²) >= 11 is 1.55. The number of hydrogen-bond donors (Lipinski definition) is 2. The molecule has 0 unspecified atom stereocenters. The van der Waals surface area contributed by atoms with Gasteiger partial charge in [0, 0.05) is 4.88 Å². The van der Waals surface area contributed by atoms with Crippen molar-refractivity contribution in [3.05, 3.63) is 62.8 Å². The van der Waals surface area contributed by atoms with Gasteiger partial charge >= 0.3 is 7.12 Å². The third-order valence-corrected chi connectivity index (χ3v) is 8.78. The normalized spacial score (nSPS) is 26.2. The van der Waals surface area contributed by atoms with E-state index in [1.807, 2.05) is 36.6 Å². The van der Waals surface area contributed by atoms with Crippen LogP contribution in [0.15, 0.2) is 50.8 Å². The second-order valence-corrected chi connectivity index (χ2v) is 11.4. The van der Waals surface area contributed by atoms with Gasteiger partial charge in [0.1, 0.15) is 18.1 Å². The highest BCUT2D eigenvalue weighted by Gasteiger charge is 2.56. The zero-order chi connectivity index (χ0) is 26.1. The van der Waals surface area contributed by atoms with Gasteiger partial charge in [-0.3, -0.25) is 14.5 Å². The van der Waals surface area contributed by atoms with Crippen molar-refractivity contribution in [2.75, 3.05) is 0 Å². The number of aliphatic hydroxyl groups is 1. The number of furan rings is 1. The fourth-order valence-corrected chi connectivity index (χ4v) is 7.06. The summed E-state index contributed by atoms with van der Waals surface area (Å²) in [5.41, 5.74) is 3.42. The van der Waals surface area contributed by atoms with Crippen LogP contribution < -0.4 is 0 Å². The first-order valence-electron chi connectivity index (χ1n) is 13.2. The molecule has 4 atom stereocenters. The lowest BCUT2D eigenvalue weighted by molar-refractivity contribution is -0.140. The first-order chi connectivity index (χ1) is 17.9. The minimum absolute atomic E-state index is 0.0896. The third-order valence-electron chi connectivity index (χ3n) is 7.92. The molecule has 7 nitrogen and oxygen atoms in total. The summed E-state index contributed by atoms with van der Waals surface area (Å²) in [5.74, 6) is 0.0637. The van der Waals surface area contributed by atoms with E-state index in [2.05, 4.69) is 6.92 Å². The Kier molecular flexibility index (Phi) is 7.86. The number of carbonyl (C=O) groups excluding carboxylic acids is 2. The quantitative estimate of drug-likeness (QED) is 0.278. The summed E-state index contributed by atoms with van der Waals surface area (Å²) in [4.78, 5) is 29.3. The maximum Gasteiger partial charge on any atom is 0.455 e. The Labute approximate surface area is 222 Å². The Hall–Kier alpha value is -2.46. The van der Waals surface area contributed by atoms with Gasteiger partial charge in [-0.1, -0.05) is 30.6 Å². The summed E-state index contributed by atoms with van der Waals surface area (Å²) in [7, 11) is -0.963. The number of hydrogen-bond acceptors (Lipinski definition) is 7. The molecule has 196 valence electrons. The van der Waals surface area contributed by atoms with Crippen LogP contribution in [0.5, 0.6) is 0 Å². The lowest BCUT2D eigenvalue weighted by atomic mass is 9.58. The third kappa shape index (κ3) is 5.28. The molecule has 0 spiro atoms. The van der Waals surface area contributed by atoms with Gasteiger partial charge in [0.05, 0.1) is 24.5 Å². The van der Waals surface area contributed by atoms with Gasteiger partial charge in [-0.15, -0.1) is 11.3 Å². The van der Waals surface area contributed by atoms with Crippen LogP contribution in [0, 0.1) is 17.8 Å². The zero-order valence-electron chi connectivity index (χ0n) is 21.4. The molecule has 5 rings (SSSR count). The van der Waals surface area contributed by atoms with E-state index in [0.29, 0.717) is 37.2 Å². The number of allylic oxidation sites excluding steroid dienone is 2. The van der Waals surface area contributed by atoms with E-state index < -0.39 is 13.0 Å². The first kappa shape index (κ1) is 26.2. The molecule has 9 heteroatoms. The molecule has 0 aromatic carbocycles. The number of nitrogens with zero attached hydrogens (tertiary/aromatic N) is 1. The molecule has 0 radical (unpaired) electrons. The number of carbonyl (C=O) groups is 2. The monoisotopic (exact) mass is 523 g/mol. The summed E-state index contributed by atoms with van der Waals surface area (Å²) in [6.45, 7) is 4.37. The van der Waals surface area contributed by atoms with Crippen molar-refractivity contribution in [2.45, 2.75) is 71.5 Å². The molecule has 0 saturated carbocycles. The fraction of sp³-hybridized carbons (Fsp3) is 0.500. The minimum atomic E-state index is -0.963. The van der Waals surface area contributed by atoms with Gasteiger partial charge in [0.2, 0.25) is 11.8 Å². The number of imide groups is 1. The standard InChI is InChI=1S/C28H34BNO6S/c1-3-5-18(13-19-8-9-20(16-31)35-19)7-10-24-25-17(2)12-22-26(23(25)14-29(34)36-24)28(33)30(27(22)32)15-21-6-4-11-37-21/h4,6,8-9,11,13,22-24,26,31,34H,3,5,7,10,12,14-16H2,1-2H3/b18-13+/t22-,23+,24-,26-/m1/s1. The zero-order valence-corrected chi connectivity index (χ0v) is 22.2. The van der Waals surface area contributed by atoms with Crippen molar-refractivity contribution >= 4 is 36.3 Å². The highest BCUT2D eigenvalue weighted by atomic mass is 32.1. The number of thiophene rings is 1. The molecule has 2 N–H and O–H groups in total. The van der Waals surface area contributed by atoms with Crippen LogP contribution in [-0.4, -0.2) is 40.1 Å². The molecular weight excluding hydrogens is 489 g/mol.